The largest absolute Gasteiger partial charge is 0.496 e. The van der Waals surface area contributed by atoms with Crippen molar-refractivity contribution in [1.82, 2.24) is 10.6 Å². The number of rotatable bonds is 3. The van der Waals surface area contributed by atoms with E-state index in [9.17, 15) is 9.59 Å². The molecular formula is C16H19N3O3. The van der Waals surface area contributed by atoms with Crippen molar-refractivity contribution in [2.24, 2.45) is 0 Å². The molecule has 0 atom stereocenters. The van der Waals surface area contributed by atoms with Gasteiger partial charge in [-0.1, -0.05) is 0 Å². The molecule has 2 saturated heterocycles. The molecule has 1 aromatic carbocycles. The number of amides is 3. The lowest BCUT2D eigenvalue weighted by Crippen LogP contribution is -2.29. The molecule has 1 aromatic rings. The van der Waals surface area contributed by atoms with Crippen molar-refractivity contribution >= 4 is 23.7 Å². The predicted molar refractivity (Wildman–Crippen MR) is 83.7 cm³/mol. The lowest BCUT2D eigenvalue weighted by atomic mass is 10.1. The van der Waals surface area contributed by atoms with Crippen LogP contribution >= 0.6 is 0 Å². The molecule has 3 rings (SSSR count). The normalized spacial score (nSPS) is 20.0. The number of ether oxygens (including phenoxy) is 1. The summed E-state index contributed by atoms with van der Waals surface area (Å²) < 4.78 is 5.43. The summed E-state index contributed by atoms with van der Waals surface area (Å²) in [7, 11) is 1.60. The summed E-state index contributed by atoms with van der Waals surface area (Å²) in [4.78, 5) is 25.1. The van der Waals surface area contributed by atoms with Crippen LogP contribution in [0, 0.1) is 0 Å². The molecule has 116 valence electrons. The van der Waals surface area contributed by atoms with Gasteiger partial charge in [-0.2, -0.15) is 0 Å². The van der Waals surface area contributed by atoms with E-state index in [1.165, 1.54) is 19.3 Å². The maximum absolute atomic E-state index is 11.6. The minimum absolute atomic E-state index is 0.231. The van der Waals surface area contributed by atoms with Crippen molar-refractivity contribution in [3.8, 4) is 5.75 Å². The third-order valence-corrected chi connectivity index (χ3v) is 3.96. The van der Waals surface area contributed by atoms with Gasteiger partial charge in [-0.25, -0.2) is 4.79 Å². The predicted octanol–water partition coefficient (Wildman–Crippen LogP) is 1.87. The lowest BCUT2D eigenvalue weighted by Gasteiger charge is -2.29. The Hall–Kier alpha value is -2.50. The first-order chi connectivity index (χ1) is 10.7. The highest BCUT2D eigenvalue weighted by Gasteiger charge is 2.23. The summed E-state index contributed by atoms with van der Waals surface area (Å²) in [6.45, 7) is 2.12. The van der Waals surface area contributed by atoms with E-state index in [-0.39, 0.29) is 5.70 Å². The molecule has 0 radical (unpaired) electrons. The first-order valence-electron chi connectivity index (χ1n) is 7.44. The molecule has 6 nitrogen and oxygen atoms in total. The third kappa shape index (κ3) is 2.90. The van der Waals surface area contributed by atoms with Gasteiger partial charge in [0.05, 0.1) is 7.11 Å². The van der Waals surface area contributed by atoms with Crippen molar-refractivity contribution < 1.29 is 14.3 Å². The molecule has 2 aliphatic rings. The maximum Gasteiger partial charge on any atom is 0.326 e. The van der Waals surface area contributed by atoms with Gasteiger partial charge < -0.3 is 15.0 Å². The highest BCUT2D eigenvalue weighted by molar-refractivity contribution is 6.14. The summed E-state index contributed by atoms with van der Waals surface area (Å²) in [5, 5.41) is 4.66. The zero-order valence-electron chi connectivity index (χ0n) is 12.5. The van der Waals surface area contributed by atoms with Crippen LogP contribution in [0.2, 0.25) is 0 Å². The van der Waals surface area contributed by atoms with Crippen molar-refractivity contribution in [3.63, 3.8) is 0 Å². The van der Waals surface area contributed by atoms with E-state index in [1.54, 1.807) is 13.2 Å². The molecule has 2 N–H and O–H groups in total. The molecule has 0 spiro atoms. The molecule has 0 bridgehead atoms. The van der Waals surface area contributed by atoms with Gasteiger partial charge in [-0.05, 0) is 37.5 Å². The number of methoxy groups -OCH3 is 1. The SMILES string of the molecule is COc1cc(N2CCCCC2)ccc1/C=C1/NC(=O)NC1=O. The first kappa shape index (κ1) is 14.4. The quantitative estimate of drug-likeness (QED) is 0.660. The Morgan fingerprint density at radius 2 is 1.91 bits per heavy atom. The van der Waals surface area contributed by atoms with Crippen LogP contribution < -0.4 is 20.3 Å². The first-order valence-corrected chi connectivity index (χ1v) is 7.44. The number of hydrogen-bond acceptors (Lipinski definition) is 4. The molecule has 0 aromatic heterocycles. The summed E-state index contributed by atoms with van der Waals surface area (Å²) in [5.74, 6) is 0.261. The van der Waals surface area contributed by atoms with Gasteiger partial charge in [0.2, 0.25) is 0 Å². The summed E-state index contributed by atoms with van der Waals surface area (Å²) in [6.07, 6.45) is 5.33. The molecule has 2 heterocycles. The Kier molecular flexibility index (Phi) is 4.00. The van der Waals surface area contributed by atoms with Crippen LogP contribution in [-0.4, -0.2) is 32.1 Å². The Morgan fingerprint density at radius 1 is 1.14 bits per heavy atom. The number of imide groups is 1. The Morgan fingerprint density at radius 3 is 2.55 bits per heavy atom. The van der Waals surface area contributed by atoms with Crippen molar-refractivity contribution in [3.05, 3.63) is 29.5 Å². The highest BCUT2D eigenvalue weighted by Crippen LogP contribution is 2.29. The van der Waals surface area contributed by atoms with Gasteiger partial charge in [0.15, 0.2) is 0 Å². The second kappa shape index (κ2) is 6.09. The van der Waals surface area contributed by atoms with Gasteiger partial charge in [-0.15, -0.1) is 0 Å². The number of nitrogens with zero attached hydrogens (tertiary/aromatic N) is 1. The van der Waals surface area contributed by atoms with E-state index in [4.69, 9.17) is 4.74 Å². The maximum atomic E-state index is 11.6. The van der Waals surface area contributed by atoms with Gasteiger partial charge in [0.25, 0.3) is 5.91 Å². The minimum Gasteiger partial charge on any atom is -0.496 e. The van der Waals surface area contributed by atoms with Crippen LogP contribution in [0.1, 0.15) is 24.8 Å². The minimum atomic E-state index is -0.500. The average molecular weight is 301 g/mol. The molecule has 3 amide bonds. The molecule has 6 heteroatoms. The smallest absolute Gasteiger partial charge is 0.326 e. The molecule has 0 aliphatic carbocycles. The second-order valence-corrected chi connectivity index (χ2v) is 5.44. The number of carbonyl (C=O) groups is 2. The van der Waals surface area contributed by atoms with Gasteiger partial charge in [0, 0.05) is 30.4 Å². The van der Waals surface area contributed by atoms with E-state index >= 15 is 0 Å². The number of nitrogens with one attached hydrogen (secondary N) is 2. The Balaban J connectivity index is 1.87. The van der Waals surface area contributed by atoms with Crippen LogP contribution in [0.5, 0.6) is 5.75 Å². The summed E-state index contributed by atoms with van der Waals surface area (Å²) >= 11 is 0. The fraction of sp³-hybridized carbons (Fsp3) is 0.375. The van der Waals surface area contributed by atoms with Crippen LogP contribution in [0.25, 0.3) is 6.08 Å². The number of benzene rings is 1. The number of piperidine rings is 1. The third-order valence-electron chi connectivity index (χ3n) is 3.96. The van der Waals surface area contributed by atoms with E-state index < -0.39 is 11.9 Å². The molecule has 2 fully saturated rings. The van der Waals surface area contributed by atoms with Gasteiger partial charge in [0.1, 0.15) is 11.4 Å². The van der Waals surface area contributed by atoms with E-state index in [2.05, 4.69) is 15.5 Å². The molecule has 0 unspecified atom stereocenters. The standard InChI is InChI=1S/C16H19N3O3/c1-22-14-10-12(19-7-3-2-4-8-19)6-5-11(14)9-13-15(20)18-16(21)17-13/h5-6,9-10H,2-4,7-8H2,1H3,(H2,17,18,20,21)/b13-9+. The average Bonchev–Trinajstić information content (AvgIpc) is 2.86. The van der Waals surface area contributed by atoms with Crippen LogP contribution in [0.3, 0.4) is 0 Å². The lowest BCUT2D eigenvalue weighted by molar-refractivity contribution is -0.115. The number of hydrogen-bond donors (Lipinski definition) is 2. The van der Waals surface area contributed by atoms with Crippen molar-refractivity contribution in [1.29, 1.82) is 0 Å². The van der Waals surface area contributed by atoms with Crippen LogP contribution in [0.15, 0.2) is 23.9 Å². The van der Waals surface area contributed by atoms with Gasteiger partial charge >= 0.3 is 6.03 Å². The number of carbonyl (C=O) groups excluding carboxylic acids is 2. The van der Waals surface area contributed by atoms with E-state index in [0.29, 0.717) is 5.75 Å². The molecule has 0 saturated carbocycles. The fourth-order valence-corrected chi connectivity index (χ4v) is 2.81. The summed E-state index contributed by atoms with van der Waals surface area (Å²) in [6, 6.07) is 5.41. The van der Waals surface area contributed by atoms with Crippen LogP contribution in [0.4, 0.5) is 10.5 Å². The second-order valence-electron chi connectivity index (χ2n) is 5.44. The van der Waals surface area contributed by atoms with E-state index in [0.717, 1.165) is 24.3 Å². The molecular weight excluding hydrogens is 282 g/mol. The number of urea groups is 1. The monoisotopic (exact) mass is 301 g/mol. The highest BCUT2D eigenvalue weighted by atomic mass is 16.5. The van der Waals surface area contributed by atoms with Crippen molar-refractivity contribution in [2.75, 3.05) is 25.1 Å². The Labute approximate surface area is 129 Å². The van der Waals surface area contributed by atoms with E-state index in [1.807, 2.05) is 18.2 Å². The zero-order chi connectivity index (χ0) is 15.5. The topological polar surface area (TPSA) is 70.7 Å². The Bertz CT molecular complexity index is 634. The van der Waals surface area contributed by atoms with Crippen molar-refractivity contribution in [2.45, 2.75) is 19.3 Å². The zero-order valence-corrected chi connectivity index (χ0v) is 12.5. The summed E-state index contributed by atoms with van der Waals surface area (Å²) in [5.41, 5.74) is 2.11. The van der Waals surface area contributed by atoms with Gasteiger partial charge in [-0.3, -0.25) is 10.1 Å². The molecule has 22 heavy (non-hydrogen) atoms. The fourth-order valence-electron chi connectivity index (χ4n) is 2.81. The number of anilines is 1. The molecule has 2 aliphatic heterocycles. The van der Waals surface area contributed by atoms with Crippen LogP contribution in [-0.2, 0) is 4.79 Å².